The molecule has 0 aliphatic heterocycles. The summed E-state index contributed by atoms with van der Waals surface area (Å²) in [7, 11) is 0. The van der Waals surface area contributed by atoms with Crippen molar-refractivity contribution in [2.45, 2.75) is 57.4 Å². The van der Waals surface area contributed by atoms with Gasteiger partial charge in [-0.3, -0.25) is 9.78 Å². The van der Waals surface area contributed by atoms with Crippen molar-refractivity contribution in [3.8, 4) is 0 Å². The van der Waals surface area contributed by atoms with E-state index in [1.54, 1.807) is 0 Å². The number of hydrogen-bond acceptors (Lipinski definition) is 3. The van der Waals surface area contributed by atoms with E-state index in [0.717, 1.165) is 60.0 Å². The summed E-state index contributed by atoms with van der Waals surface area (Å²) in [6.07, 6.45) is 6.17. The van der Waals surface area contributed by atoms with Crippen LogP contribution in [0.5, 0.6) is 0 Å². The minimum Gasteiger partial charge on any atom is -0.396 e. The Hall–Kier alpha value is -1.94. The second-order valence-corrected chi connectivity index (χ2v) is 7.55. The van der Waals surface area contributed by atoms with E-state index in [1.165, 1.54) is 12.8 Å². The first-order chi connectivity index (χ1) is 12.2. The number of aliphatic hydroxyl groups is 1. The third kappa shape index (κ3) is 3.54. The largest absolute Gasteiger partial charge is 0.396 e. The number of hydrogen-bond donors (Lipinski definition) is 1. The summed E-state index contributed by atoms with van der Waals surface area (Å²) in [6.45, 7) is 2.98. The Morgan fingerprint density at radius 2 is 2.00 bits per heavy atom. The molecule has 0 spiro atoms. The standard InChI is InChI=1S/C21H26N2O2/c1-14-4-9-19-17(12-14)18(13-20(22-19)15-5-6-15)21(25)23(16-7-8-16)10-2-3-11-24/h4,9,12-13,15-16,24H,2-3,5-8,10-11H2,1H3. The Balaban J connectivity index is 1.72. The molecule has 2 aromatic rings. The van der Waals surface area contributed by atoms with E-state index >= 15 is 0 Å². The molecular weight excluding hydrogens is 312 g/mol. The summed E-state index contributed by atoms with van der Waals surface area (Å²) in [5.74, 6) is 0.668. The maximum Gasteiger partial charge on any atom is 0.254 e. The molecule has 2 fully saturated rings. The summed E-state index contributed by atoms with van der Waals surface area (Å²) in [6, 6.07) is 8.62. The Morgan fingerprint density at radius 3 is 2.68 bits per heavy atom. The first kappa shape index (κ1) is 16.5. The molecule has 2 saturated carbocycles. The molecule has 1 heterocycles. The van der Waals surface area contributed by atoms with Crippen LogP contribution in [0.15, 0.2) is 24.3 Å². The SMILES string of the molecule is Cc1ccc2nc(C3CC3)cc(C(=O)N(CCCCO)C3CC3)c2c1. The monoisotopic (exact) mass is 338 g/mol. The Morgan fingerprint density at radius 1 is 1.20 bits per heavy atom. The average molecular weight is 338 g/mol. The van der Waals surface area contributed by atoms with Gasteiger partial charge in [-0.1, -0.05) is 11.6 Å². The van der Waals surface area contributed by atoms with Crippen molar-refractivity contribution in [1.82, 2.24) is 9.88 Å². The number of aromatic nitrogens is 1. The van der Waals surface area contributed by atoms with Crippen LogP contribution in [0.4, 0.5) is 0 Å². The van der Waals surface area contributed by atoms with E-state index in [1.807, 2.05) is 17.0 Å². The molecule has 2 aliphatic rings. The van der Waals surface area contributed by atoms with Gasteiger partial charge in [0, 0.05) is 36.2 Å². The second kappa shape index (κ2) is 6.75. The minimum absolute atomic E-state index is 0.139. The van der Waals surface area contributed by atoms with Gasteiger partial charge in [0.05, 0.1) is 11.1 Å². The van der Waals surface area contributed by atoms with Gasteiger partial charge in [0.25, 0.3) is 5.91 Å². The van der Waals surface area contributed by atoms with Crippen LogP contribution >= 0.6 is 0 Å². The van der Waals surface area contributed by atoms with Crippen molar-refractivity contribution in [1.29, 1.82) is 0 Å². The molecule has 0 unspecified atom stereocenters. The number of aryl methyl sites for hydroxylation is 1. The van der Waals surface area contributed by atoms with E-state index in [0.29, 0.717) is 12.0 Å². The van der Waals surface area contributed by atoms with Gasteiger partial charge in [0.15, 0.2) is 0 Å². The summed E-state index contributed by atoms with van der Waals surface area (Å²) in [5.41, 5.74) is 3.97. The van der Waals surface area contributed by atoms with Gasteiger partial charge in [-0.25, -0.2) is 0 Å². The van der Waals surface area contributed by atoms with E-state index in [-0.39, 0.29) is 12.5 Å². The molecular formula is C21H26N2O2. The van der Waals surface area contributed by atoms with Gasteiger partial charge in [-0.05, 0) is 63.6 Å². The Kier molecular flexibility index (Phi) is 4.46. The zero-order valence-electron chi connectivity index (χ0n) is 14.9. The highest BCUT2D eigenvalue weighted by Crippen LogP contribution is 2.40. The van der Waals surface area contributed by atoms with Gasteiger partial charge in [0.2, 0.25) is 0 Å². The quantitative estimate of drug-likeness (QED) is 0.781. The van der Waals surface area contributed by atoms with Crippen LogP contribution in [-0.4, -0.2) is 40.1 Å². The fourth-order valence-electron chi connectivity index (χ4n) is 3.51. The fourth-order valence-corrected chi connectivity index (χ4v) is 3.51. The number of carbonyl (C=O) groups is 1. The van der Waals surface area contributed by atoms with Crippen LogP contribution in [0.3, 0.4) is 0 Å². The molecule has 132 valence electrons. The van der Waals surface area contributed by atoms with Crippen LogP contribution in [0.25, 0.3) is 10.9 Å². The average Bonchev–Trinajstić information content (AvgIpc) is 3.49. The second-order valence-electron chi connectivity index (χ2n) is 7.55. The predicted molar refractivity (Wildman–Crippen MR) is 98.8 cm³/mol. The zero-order chi connectivity index (χ0) is 17.4. The third-order valence-electron chi connectivity index (χ3n) is 5.27. The lowest BCUT2D eigenvalue weighted by atomic mass is 10.0. The minimum atomic E-state index is 0.139. The molecule has 1 amide bonds. The van der Waals surface area contributed by atoms with Gasteiger partial charge in [-0.2, -0.15) is 0 Å². The molecule has 2 aliphatic carbocycles. The van der Waals surface area contributed by atoms with Crippen molar-refractivity contribution in [3.05, 3.63) is 41.1 Å². The maximum absolute atomic E-state index is 13.4. The Bertz CT molecular complexity index is 794. The van der Waals surface area contributed by atoms with Crippen LogP contribution in [0.2, 0.25) is 0 Å². The van der Waals surface area contributed by atoms with Gasteiger partial charge >= 0.3 is 0 Å². The van der Waals surface area contributed by atoms with Crippen molar-refractivity contribution in [2.75, 3.05) is 13.2 Å². The van der Waals surface area contributed by atoms with E-state index < -0.39 is 0 Å². The number of rotatable bonds is 7. The highest BCUT2D eigenvalue weighted by Gasteiger charge is 2.34. The molecule has 0 saturated heterocycles. The van der Waals surface area contributed by atoms with Crippen molar-refractivity contribution >= 4 is 16.8 Å². The lowest BCUT2D eigenvalue weighted by molar-refractivity contribution is 0.0739. The molecule has 4 heteroatoms. The molecule has 25 heavy (non-hydrogen) atoms. The number of fused-ring (bicyclic) bond motifs is 1. The molecule has 0 bridgehead atoms. The molecule has 4 nitrogen and oxygen atoms in total. The third-order valence-corrected chi connectivity index (χ3v) is 5.27. The lowest BCUT2D eigenvalue weighted by Crippen LogP contribution is -2.34. The number of carbonyl (C=O) groups excluding carboxylic acids is 1. The molecule has 0 atom stereocenters. The number of nitrogens with zero attached hydrogens (tertiary/aromatic N) is 2. The number of aliphatic hydroxyl groups excluding tert-OH is 1. The van der Waals surface area contributed by atoms with Gasteiger partial charge in [0.1, 0.15) is 0 Å². The van der Waals surface area contributed by atoms with Crippen molar-refractivity contribution in [2.24, 2.45) is 0 Å². The number of benzene rings is 1. The number of unbranched alkanes of at least 4 members (excludes halogenated alkanes) is 1. The Labute approximate surface area is 148 Å². The van der Waals surface area contributed by atoms with Crippen LogP contribution < -0.4 is 0 Å². The first-order valence-electron chi connectivity index (χ1n) is 9.50. The van der Waals surface area contributed by atoms with Crippen LogP contribution in [-0.2, 0) is 0 Å². The van der Waals surface area contributed by atoms with Crippen LogP contribution in [0.1, 0.15) is 66.1 Å². The maximum atomic E-state index is 13.4. The lowest BCUT2D eigenvalue weighted by Gasteiger charge is -2.23. The van der Waals surface area contributed by atoms with E-state index in [4.69, 9.17) is 10.1 Å². The highest BCUT2D eigenvalue weighted by atomic mass is 16.3. The van der Waals surface area contributed by atoms with Crippen molar-refractivity contribution in [3.63, 3.8) is 0 Å². The number of pyridine rings is 1. The number of amides is 1. The van der Waals surface area contributed by atoms with E-state index in [9.17, 15) is 4.79 Å². The van der Waals surface area contributed by atoms with Crippen molar-refractivity contribution < 1.29 is 9.90 Å². The molecule has 4 rings (SSSR count). The normalized spacial score (nSPS) is 17.0. The highest BCUT2D eigenvalue weighted by molar-refractivity contribution is 6.06. The molecule has 1 aromatic carbocycles. The zero-order valence-corrected chi connectivity index (χ0v) is 14.9. The summed E-state index contributed by atoms with van der Waals surface area (Å²) in [4.78, 5) is 20.2. The van der Waals surface area contributed by atoms with Gasteiger partial charge < -0.3 is 10.0 Å². The van der Waals surface area contributed by atoms with Gasteiger partial charge in [-0.15, -0.1) is 0 Å². The summed E-state index contributed by atoms with van der Waals surface area (Å²) >= 11 is 0. The molecule has 1 N–H and O–H groups in total. The predicted octanol–water partition coefficient (Wildman–Crippen LogP) is 3.80. The summed E-state index contributed by atoms with van der Waals surface area (Å²) in [5, 5.41) is 10.0. The fraction of sp³-hybridized carbons (Fsp3) is 0.524. The topological polar surface area (TPSA) is 53.4 Å². The smallest absolute Gasteiger partial charge is 0.254 e. The summed E-state index contributed by atoms with van der Waals surface area (Å²) < 4.78 is 0. The van der Waals surface area contributed by atoms with E-state index in [2.05, 4.69) is 19.1 Å². The first-order valence-corrected chi connectivity index (χ1v) is 9.50. The molecule has 0 radical (unpaired) electrons. The molecule has 1 aromatic heterocycles. The van der Waals surface area contributed by atoms with Crippen LogP contribution in [0, 0.1) is 6.92 Å².